The van der Waals surface area contributed by atoms with Gasteiger partial charge in [-0.1, -0.05) is 35.3 Å². The molecular formula is C16H19Cl2NS. The Kier molecular flexibility index (Phi) is 5.14. The number of nitrogens with one attached hydrogen (secondary N) is 1. The van der Waals surface area contributed by atoms with Crippen molar-refractivity contribution in [2.24, 2.45) is 0 Å². The van der Waals surface area contributed by atoms with Crippen molar-refractivity contribution < 1.29 is 0 Å². The molecule has 0 aliphatic carbocycles. The van der Waals surface area contributed by atoms with E-state index < -0.39 is 0 Å². The van der Waals surface area contributed by atoms with E-state index in [1.807, 2.05) is 29.5 Å². The number of rotatable bonds is 4. The van der Waals surface area contributed by atoms with E-state index >= 15 is 0 Å². The Morgan fingerprint density at radius 2 is 1.70 bits per heavy atom. The average Bonchev–Trinajstić information content (AvgIpc) is 2.71. The van der Waals surface area contributed by atoms with Gasteiger partial charge in [-0.3, -0.25) is 0 Å². The third-order valence-corrected chi connectivity index (χ3v) is 5.31. The summed E-state index contributed by atoms with van der Waals surface area (Å²) in [6, 6.07) is 8.46. The highest BCUT2D eigenvalue weighted by molar-refractivity contribution is 7.12. The lowest BCUT2D eigenvalue weighted by molar-refractivity contribution is 0.494. The van der Waals surface area contributed by atoms with Crippen molar-refractivity contribution in [3.8, 4) is 0 Å². The van der Waals surface area contributed by atoms with E-state index in [1.54, 1.807) is 0 Å². The number of hydrogen-bond donors (Lipinski definition) is 1. The second-order valence-electron chi connectivity index (χ2n) is 5.12. The summed E-state index contributed by atoms with van der Waals surface area (Å²) in [5, 5.41) is 4.84. The van der Waals surface area contributed by atoms with Crippen LogP contribution in [0.4, 0.5) is 0 Å². The van der Waals surface area contributed by atoms with Crippen molar-refractivity contribution in [1.82, 2.24) is 5.32 Å². The number of thiophene rings is 1. The molecule has 2 rings (SSSR count). The van der Waals surface area contributed by atoms with E-state index in [9.17, 15) is 0 Å². The molecule has 4 heteroatoms. The quantitative estimate of drug-likeness (QED) is 0.717. The van der Waals surface area contributed by atoms with Crippen LogP contribution in [0.1, 0.15) is 46.8 Å². The van der Waals surface area contributed by atoms with E-state index in [2.05, 4.69) is 39.1 Å². The van der Waals surface area contributed by atoms with E-state index in [1.165, 1.54) is 15.3 Å². The van der Waals surface area contributed by atoms with Crippen molar-refractivity contribution in [2.45, 2.75) is 39.8 Å². The fourth-order valence-corrected chi connectivity index (χ4v) is 3.98. The van der Waals surface area contributed by atoms with Gasteiger partial charge in [-0.15, -0.1) is 11.3 Å². The van der Waals surface area contributed by atoms with Crippen molar-refractivity contribution >= 4 is 34.5 Å². The highest BCUT2D eigenvalue weighted by Crippen LogP contribution is 2.32. The molecule has 1 aromatic carbocycles. The molecule has 1 aromatic heterocycles. The smallest absolute Gasteiger partial charge is 0.0639 e. The first-order valence-electron chi connectivity index (χ1n) is 6.67. The van der Waals surface area contributed by atoms with Crippen molar-refractivity contribution in [2.75, 3.05) is 0 Å². The maximum absolute atomic E-state index is 6.28. The Morgan fingerprint density at radius 3 is 2.30 bits per heavy atom. The minimum absolute atomic E-state index is 0.149. The van der Waals surface area contributed by atoms with Crippen LogP contribution in [-0.4, -0.2) is 0 Å². The monoisotopic (exact) mass is 327 g/mol. The number of hydrogen-bond acceptors (Lipinski definition) is 2. The molecule has 0 aliphatic rings. The second kappa shape index (κ2) is 6.48. The molecule has 0 spiro atoms. The summed E-state index contributed by atoms with van der Waals surface area (Å²) in [6.07, 6.45) is 0. The third kappa shape index (κ3) is 3.37. The summed E-state index contributed by atoms with van der Waals surface area (Å²) < 4.78 is 0. The van der Waals surface area contributed by atoms with Gasteiger partial charge in [-0.2, -0.15) is 0 Å². The van der Waals surface area contributed by atoms with Crippen LogP contribution in [0.15, 0.2) is 24.3 Å². The van der Waals surface area contributed by atoms with Gasteiger partial charge in [-0.25, -0.2) is 0 Å². The average molecular weight is 328 g/mol. The summed E-state index contributed by atoms with van der Waals surface area (Å²) in [5.74, 6) is 0. The van der Waals surface area contributed by atoms with E-state index in [-0.39, 0.29) is 12.1 Å². The first-order valence-corrected chi connectivity index (χ1v) is 8.24. The summed E-state index contributed by atoms with van der Waals surface area (Å²) >= 11 is 14.2. The molecule has 0 radical (unpaired) electrons. The molecule has 20 heavy (non-hydrogen) atoms. The van der Waals surface area contributed by atoms with Gasteiger partial charge in [0.05, 0.1) is 10.0 Å². The standard InChI is InChI=1S/C16H19Cl2NS/c1-9-8-14(12(4)20-9)11(3)19-10(2)13-6-5-7-15(17)16(13)18/h5-8,10-11,19H,1-4H3. The zero-order valence-electron chi connectivity index (χ0n) is 12.1. The largest absolute Gasteiger partial charge is 0.304 e. The predicted octanol–water partition coefficient (Wildman–Crippen LogP) is 6.08. The number of aryl methyl sites for hydroxylation is 2. The molecule has 0 aliphatic heterocycles. The zero-order valence-corrected chi connectivity index (χ0v) is 14.5. The Hall–Kier alpha value is -0.540. The lowest BCUT2D eigenvalue weighted by Crippen LogP contribution is -2.22. The second-order valence-corrected chi connectivity index (χ2v) is 7.37. The molecular weight excluding hydrogens is 309 g/mol. The lowest BCUT2D eigenvalue weighted by atomic mass is 10.0. The van der Waals surface area contributed by atoms with Crippen LogP contribution in [0.2, 0.25) is 10.0 Å². The Labute approximate surface area is 134 Å². The van der Waals surface area contributed by atoms with E-state index in [0.717, 1.165) is 5.56 Å². The van der Waals surface area contributed by atoms with Crippen molar-refractivity contribution in [3.63, 3.8) is 0 Å². The summed E-state index contributed by atoms with van der Waals surface area (Å²) in [5.41, 5.74) is 2.40. The van der Waals surface area contributed by atoms with Gasteiger partial charge in [0.1, 0.15) is 0 Å². The fraction of sp³-hybridized carbons (Fsp3) is 0.375. The molecule has 2 unspecified atom stereocenters. The normalized spacial score (nSPS) is 14.3. The van der Waals surface area contributed by atoms with Crippen LogP contribution in [0.25, 0.3) is 0 Å². The first-order chi connectivity index (χ1) is 9.40. The van der Waals surface area contributed by atoms with Crippen LogP contribution in [0.3, 0.4) is 0 Å². The van der Waals surface area contributed by atoms with Gasteiger partial charge < -0.3 is 5.32 Å². The minimum Gasteiger partial charge on any atom is -0.304 e. The minimum atomic E-state index is 0.149. The van der Waals surface area contributed by atoms with Gasteiger partial charge >= 0.3 is 0 Å². The zero-order chi connectivity index (χ0) is 14.9. The molecule has 1 nitrogen and oxygen atoms in total. The van der Waals surface area contributed by atoms with E-state index in [4.69, 9.17) is 23.2 Å². The van der Waals surface area contributed by atoms with E-state index in [0.29, 0.717) is 10.0 Å². The van der Waals surface area contributed by atoms with Crippen LogP contribution in [0, 0.1) is 13.8 Å². The molecule has 0 amide bonds. The molecule has 0 saturated heterocycles. The van der Waals surface area contributed by atoms with Crippen LogP contribution in [0.5, 0.6) is 0 Å². The Balaban J connectivity index is 2.17. The molecule has 1 heterocycles. The molecule has 108 valence electrons. The molecule has 1 N–H and O–H groups in total. The van der Waals surface area contributed by atoms with Crippen LogP contribution >= 0.6 is 34.5 Å². The summed E-state index contributed by atoms with van der Waals surface area (Å²) in [4.78, 5) is 2.71. The van der Waals surface area contributed by atoms with Gasteiger partial charge in [-0.05, 0) is 51.0 Å². The van der Waals surface area contributed by atoms with Crippen molar-refractivity contribution in [3.05, 3.63) is 55.2 Å². The van der Waals surface area contributed by atoms with Gasteiger partial charge in [0, 0.05) is 21.8 Å². The predicted molar refractivity (Wildman–Crippen MR) is 90.2 cm³/mol. The topological polar surface area (TPSA) is 12.0 Å². The maximum Gasteiger partial charge on any atom is 0.0639 e. The highest BCUT2D eigenvalue weighted by Gasteiger charge is 2.17. The maximum atomic E-state index is 6.28. The van der Waals surface area contributed by atoms with Gasteiger partial charge in [0.25, 0.3) is 0 Å². The molecule has 0 saturated carbocycles. The molecule has 0 fully saturated rings. The summed E-state index contributed by atoms with van der Waals surface area (Å²) in [7, 11) is 0. The SMILES string of the molecule is Cc1cc(C(C)NC(C)c2cccc(Cl)c2Cl)c(C)s1. The third-order valence-electron chi connectivity index (χ3n) is 3.49. The Bertz CT molecular complexity index is 607. The van der Waals surface area contributed by atoms with Crippen LogP contribution in [-0.2, 0) is 0 Å². The van der Waals surface area contributed by atoms with Crippen molar-refractivity contribution in [1.29, 1.82) is 0 Å². The highest BCUT2D eigenvalue weighted by atomic mass is 35.5. The summed E-state index contributed by atoms with van der Waals surface area (Å²) in [6.45, 7) is 8.61. The fourth-order valence-electron chi connectivity index (χ4n) is 2.49. The molecule has 2 atom stereocenters. The number of halogens is 2. The first kappa shape index (κ1) is 15.8. The van der Waals surface area contributed by atoms with Gasteiger partial charge in [0.2, 0.25) is 0 Å². The lowest BCUT2D eigenvalue weighted by Gasteiger charge is -2.21. The molecule has 0 bridgehead atoms. The van der Waals surface area contributed by atoms with Crippen LogP contribution < -0.4 is 5.32 Å². The molecule has 2 aromatic rings. The van der Waals surface area contributed by atoms with Gasteiger partial charge in [0.15, 0.2) is 0 Å². The Morgan fingerprint density at radius 1 is 1.05 bits per heavy atom. The number of benzene rings is 1.